The number of benzene rings is 1. The van der Waals surface area contributed by atoms with Crippen molar-refractivity contribution in [1.29, 1.82) is 0 Å². The topological polar surface area (TPSA) is 66.5 Å². The summed E-state index contributed by atoms with van der Waals surface area (Å²) < 4.78 is 22.9. The molecule has 0 spiro atoms. The maximum Gasteiger partial charge on any atom is 0.254 e. The summed E-state index contributed by atoms with van der Waals surface area (Å²) in [6.07, 6.45) is 3.04. The van der Waals surface area contributed by atoms with Crippen LogP contribution in [0.25, 0.3) is 0 Å². The van der Waals surface area contributed by atoms with Gasteiger partial charge in [-0.25, -0.2) is 8.42 Å². The molecule has 1 aliphatic heterocycles. The highest BCUT2D eigenvalue weighted by Crippen LogP contribution is 2.16. The molecule has 1 N–H and O–H groups in total. The van der Waals surface area contributed by atoms with Crippen molar-refractivity contribution in [2.24, 2.45) is 0 Å². The van der Waals surface area contributed by atoms with E-state index in [0.717, 1.165) is 38.7 Å². The van der Waals surface area contributed by atoms with E-state index in [0.29, 0.717) is 5.56 Å². The Labute approximate surface area is 126 Å². The molecule has 5 nitrogen and oxygen atoms in total. The minimum Gasteiger partial charge on any atom is -0.334 e. The number of nitrogens with one attached hydrogen (secondary N) is 1. The first-order valence-electron chi connectivity index (χ1n) is 7.25. The van der Waals surface area contributed by atoms with Crippen LogP contribution in [0, 0.1) is 0 Å². The molecule has 0 saturated carbocycles. The third-order valence-electron chi connectivity index (χ3n) is 3.73. The molecular weight excluding hydrogens is 288 g/mol. The first-order chi connectivity index (χ1) is 9.93. The van der Waals surface area contributed by atoms with E-state index >= 15 is 0 Å². The predicted octanol–water partition coefficient (Wildman–Crippen LogP) is 1.30. The first kappa shape index (κ1) is 16.0. The van der Waals surface area contributed by atoms with Crippen LogP contribution < -0.4 is 5.32 Å². The van der Waals surface area contributed by atoms with Crippen LogP contribution >= 0.6 is 0 Å². The zero-order chi connectivity index (χ0) is 15.5. The summed E-state index contributed by atoms with van der Waals surface area (Å²) in [6.45, 7) is 4.53. The molecule has 1 aromatic carbocycles. The number of carbonyl (C=O) groups excluding carboxylic acids is 1. The molecule has 2 rings (SSSR count). The fourth-order valence-corrected chi connectivity index (χ4v) is 3.24. The van der Waals surface area contributed by atoms with Crippen molar-refractivity contribution in [3.63, 3.8) is 0 Å². The SMILES string of the molecule is CCCN(C(=O)c1ccc(S(C)(=O)=O)cc1)C1CCNC1. The van der Waals surface area contributed by atoms with Crippen molar-refractivity contribution in [3.05, 3.63) is 29.8 Å². The third kappa shape index (κ3) is 3.83. The minimum atomic E-state index is -3.23. The standard InChI is InChI=1S/C15H22N2O3S/c1-3-10-17(13-8-9-16-11-13)15(18)12-4-6-14(7-5-12)21(2,19)20/h4-7,13,16H,3,8-11H2,1-2H3. The Kier molecular flexibility index (Phi) is 5.00. The number of rotatable bonds is 5. The number of amides is 1. The summed E-state index contributed by atoms with van der Waals surface area (Å²) in [5, 5.41) is 3.27. The van der Waals surface area contributed by atoms with Crippen molar-refractivity contribution < 1.29 is 13.2 Å². The highest BCUT2D eigenvalue weighted by Gasteiger charge is 2.26. The minimum absolute atomic E-state index is 0.0226. The molecule has 1 saturated heterocycles. The zero-order valence-electron chi connectivity index (χ0n) is 12.5. The smallest absolute Gasteiger partial charge is 0.254 e. The van der Waals surface area contributed by atoms with Gasteiger partial charge in [0.25, 0.3) is 5.91 Å². The first-order valence-corrected chi connectivity index (χ1v) is 9.14. The second kappa shape index (κ2) is 6.58. The Bertz CT molecular complexity index is 590. The summed E-state index contributed by atoms with van der Waals surface area (Å²) in [7, 11) is -3.23. The van der Waals surface area contributed by atoms with Crippen molar-refractivity contribution in [2.45, 2.75) is 30.7 Å². The van der Waals surface area contributed by atoms with Gasteiger partial charge < -0.3 is 10.2 Å². The van der Waals surface area contributed by atoms with Crippen LogP contribution in [0.2, 0.25) is 0 Å². The molecule has 1 heterocycles. The van der Waals surface area contributed by atoms with E-state index in [1.54, 1.807) is 12.1 Å². The summed E-state index contributed by atoms with van der Waals surface area (Å²) in [6, 6.07) is 6.43. The van der Waals surface area contributed by atoms with Crippen LogP contribution in [-0.2, 0) is 9.84 Å². The van der Waals surface area contributed by atoms with Crippen LogP contribution in [0.5, 0.6) is 0 Å². The van der Waals surface area contributed by atoms with Gasteiger partial charge in [0.2, 0.25) is 0 Å². The van der Waals surface area contributed by atoms with Gasteiger partial charge in [0.1, 0.15) is 0 Å². The number of nitrogens with zero attached hydrogens (tertiary/aromatic N) is 1. The van der Waals surface area contributed by atoms with E-state index in [2.05, 4.69) is 12.2 Å². The van der Waals surface area contributed by atoms with Gasteiger partial charge in [0, 0.05) is 31.0 Å². The molecule has 0 aliphatic carbocycles. The molecule has 1 amide bonds. The Morgan fingerprint density at radius 3 is 2.48 bits per heavy atom. The highest BCUT2D eigenvalue weighted by molar-refractivity contribution is 7.90. The van der Waals surface area contributed by atoms with E-state index in [1.807, 2.05) is 4.90 Å². The molecule has 1 aromatic rings. The Morgan fingerprint density at radius 2 is 2.00 bits per heavy atom. The van der Waals surface area contributed by atoms with E-state index in [-0.39, 0.29) is 16.8 Å². The second-order valence-corrected chi connectivity index (χ2v) is 7.46. The predicted molar refractivity (Wildman–Crippen MR) is 82.2 cm³/mol. The summed E-state index contributed by atoms with van der Waals surface area (Å²) in [4.78, 5) is 14.8. The Hall–Kier alpha value is -1.40. The molecule has 21 heavy (non-hydrogen) atoms. The summed E-state index contributed by atoms with van der Waals surface area (Å²) in [5.41, 5.74) is 0.544. The average Bonchev–Trinajstić information content (AvgIpc) is 2.97. The number of hydrogen-bond donors (Lipinski definition) is 1. The van der Waals surface area contributed by atoms with Crippen molar-refractivity contribution in [2.75, 3.05) is 25.9 Å². The van der Waals surface area contributed by atoms with Gasteiger partial charge in [-0.05, 0) is 43.7 Å². The lowest BCUT2D eigenvalue weighted by atomic mass is 10.1. The molecular formula is C15H22N2O3S. The van der Waals surface area contributed by atoms with E-state index < -0.39 is 9.84 Å². The average molecular weight is 310 g/mol. The molecule has 1 fully saturated rings. The van der Waals surface area contributed by atoms with Crippen molar-refractivity contribution >= 4 is 15.7 Å². The Morgan fingerprint density at radius 1 is 1.33 bits per heavy atom. The number of hydrogen-bond acceptors (Lipinski definition) is 4. The van der Waals surface area contributed by atoms with Gasteiger partial charge in [-0.2, -0.15) is 0 Å². The summed E-state index contributed by atoms with van der Waals surface area (Å²) in [5.74, 6) is -0.0226. The van der Waals surface area contributed by atoms with Gasteiger partial charge in [0.15, 0.2) is 9.84 Å². The zero-order valence-corrected chi connectivity index (χ0v) is 13.3. The molecule has 6 heteroatoms. The van der Waals surface area contributed by atoms with Crippen LogP contribution in [0.15, 0.2) is 29.2 Å². The molecule has 1 unspecified atom stereocenters. The van der Waals surface area contributed by atoms with Gasteiger partial charge in [0.05, 0.1) is 4.90 Å². The van der Waals surface area contributed by atoms with Gasteiger partial charge in [-0.3, -0.25) is 4.79 Å². The van der Waals surface area contributed by atoms with Crippen LogP contribution in [0.1, 0.15) is 30.1 Å². The van der Waals surface area contributed by atoms with Crippen LogP contribution in [-0.4, -0.2) is 51.2 Å². The fourth-order valence-electron chi connectivity index (χ4n) is 2.61. The molecule has 1 atom stereocenters. The van der Waals surface area contributed by atoms with Crippen molar-refractivity contribution in [3.8, 4) is 0 Å². The Balaban J connectivity index is 2.20. The van der Waals surface area contributed by atoms with E-state index in [1.165, 1.54) is 12.1 Å². The van der Waals surface area contributed by atoms with E-state index in [4.69, 9.17) is 0 Å². The summed E-state index contributed by atoms with van der Waals surface area (Å²) >= 11 is 0. The van der Waals surface area contributed by atoms with E-state index in [9.17, 15) is 13.2 Å². The largest absolute Gasteiger partial charge is 0.334 e. The van der Waals surface area contributed by atoms with Gasteiger partial charge in [-0.15, -0.1) is 0 Å². The third-order valence-corrected chi connectivity index (χ3v) is 4.86. The quantitative estimate of drug-likeness (QED) is 0.890. The monoisotopic (exact) mass is 310 g/mol. The fraction of sp³-hybridized carbons (Fsp3) is 0.533. The maximum atomic E-state index is 12.6. The maximum absolute atomic E-state index is 12.6. The second-order valence-electron chi connectivity index (χ2n) is 5.44. The molecule has 0 aromatic heterocycles. The molecule has 0 bridgehead atoms. The lowest BCUT2D eigenvalue weighted by Gasteiger charge is -2.28. The number of sulfone groups is 1. The molecule has 1 aliphatic rings. The van der Waals surface area contributed by atoms with Crippen molar-refractivity contribution in [1.82, 2.24) is 10.2 Å². The molecule has 116 valence electrons. The lowest BCUT2D eigenvalue weighted by molar-refractivity contribution is 0.0692. The van der Waals surface area contributed by atoms with Crippen LogP contribution in [0.3, 0.4) is 0 Å². The van der Waals surface area contributed by atoms with Crippen LogP contribution in [0.4, 0.5) is 0 Å². The lowest BCUT2D eigenvalue weighted by Crippen LogP contribution is -2.42. The number of carbonyl (C=O) groups is 1. The normalized spacial score (nSPS) is 18.7. The van der Waals surface area contributed by atoms with Gasteiger partial charge in [-0.1, -0.05) is 6.92 Å². The highest BCUT2D eigenvalue weighted by atomic mass is 32.2. The van der Waals surface area contributed by atoms with Gasteiger partial charge >= 0.3 is 0 Å². The molecule has 0 radical (unpaired) electrons.